The summed E-state index contributed by atoms with van der Waals surface area (Å²) in [6.45, 7) is 4.27. The highest BCUT2D eigenvalue weighted by Crippen LogP contribution is 2.14. The SMILES string of the molecule is CSCC[C@@H]1NC(=O)[C@H](C(C)C)NC(=O)CN(C(=O)c2cc(F)cc(C#N)c2)C[C@@H](Cc2ccccc2)NC(=O)[C@H](C)NC1=O. The molecule has 5 amide bonds. The zero-order valence-corrected chi connectivity index (χ0v) is 26.6. The molecule has 1 heterocycles. The third-order valence-electron chi connectivity index (χ3n) is 7.27. The van der Waals surface area contributed by atoms with Crippen LogP contribution < -0.4 is 21.3 Å². The number of carbonyl (C=O) groups is 5. The highest BCUT2D eigenvalue weighted by atomic mass is 32.2. The highest BCUT2D eigenvalue weighted by molar-refractivity contribution is 7.98. The zero-order chi connectivity index (χ0) is 33.1. The van der Waals surface area contributed by atoms with Crippen LogP contribution in [-0.2, 0) is 25.6 Å². The molecule has 4 atom stereocenters. The maximum absolute atomic E-state index is 14.3. The molecule has 0 unspecified atom stereocenters. The van der Waals surface area contributed by atoms with Gasteiger partial charge in [0.15, 0.2) is 0 Å². The second-order valence-electron chi connectivity index (χ2n) is 11.3. The number of nitrogens with zero attached hydrogens (tertiary/aromatic N) is 2. The van der Waals surface area contributed by atoms with E-state index in [1.807, 2.05) is 42.7 Å². The molecule has 0 aromatic heterocycles. The normalized spacial score (nSPS) is 21.8. The van der Waals surface area contributed by atoms with Gasteiger partial charge in [-0.15, -0.1) is 0 Å². The largest absolute Gasteiger partial charge is 0.349 e. The number of nitriles is 1. The minimum absolute atomic E-state index is 0.0765. The van der Waals surface area contributed by atoms with Crippen molar-refractivity contribution in [1.29, 1.82) is 5.26 Å². The van der Waals surface area contributed by atoms with Gasteiger partial charge in [0, 0.05) is 12.1 Å². The van der Waals surface area contributed by atoms with Gasteiger partial charge in [-0.1, -0.05) is 44.2 Å². The monoisotopic (exact) mass is 638 g/mol. The lowest BCUT2D eigenvalue weighted by Gasteiger charge is -2.30. The molecule has 0 radical (unpaired) electrons. The van der Waals surface area contributed by atoms with E-state index in [1.165, 1.54) is 24.8 Å². The Kier molecular flexibility index (Phi) is 12.9. The predicted molar refractivity (Wildman–Crippen MR) is 168 cm³/mol. The summed E-state index contributed by atoms with van der Waals surface area (Å²) >= 11 is 1.49. The maximum atomic E-state index is 14.3. The molecule has 0 bridgehead atoms. The van der Waals surface area contributed by atoms with E-state index >= 15 is 0 Å². The molecule has 1 fully saturated rings. The number of thioether (sulfide) groups is 1. The van der Waals surface area contributed by atoms with Crippen molar-refractivity contribution in [1.82, 2.24) is 26.2 Å². The first kappa shape index (κ1) is 35.0. The Balaban J connectivity index is 2.06. The molecule has 13 heteroatoms. The Morgan fingerprint density at radius 2 is 1.73 bits per heavy atom. The number of nitrogens with one attached hydrogen (secondary N) is 4. The molecule has 240 valence electrons. The van der Waals surface area contributed by atoms with Crippen LogP contribution in [0, 0.1) is 23.1 Å². The van der Waals surface area contributed by atoms with E-state index in [0.717, 1.165) is 22.6 Å². The van der Waals surface area contributed by atoms with Crippen molar-refractivity contribution < 1.29 is 28.4 Å². The molecule has 2 aromatic carbocycles. The second kappa shape index (κ2) is 16.6. The number of carbonyl (C=O) groups excluding carboxylic acids is 5. The van der Waals surface area contributed by atoms with Crippen molar-refractivity contribution in [3.05, 3.63) is 71.0 Å². The van der Waals surface area contributed by atoms with E-state index in [-0.39, 0.29) is 30.0 Å². The predicted octanol–water partition coefficient (Wildman–Crippen LogP) is 1.76. The molecule has 2 aromatic rings. The van der Waals surface area contributed by atoms with Crippen LogP contribution in [0.5, 0.6) is 0 Å². The van der Waals surface area contributed by atoms with Gasteiger partial charge < -0.3 is 26.2 Å². The lowest BCUT2D eigenvalue weighted by molar-refractivity contribution is -0.134. The minimum Gasteiger partial charge on any atom is -0.349 e. The van der Waals surface area contributed by atoms with Crippen molar-refractivity contribution in [2.24, 2.45) is 5.92 Å². The summed E-state index contributed by atoms with van der Waals surface area (Å²) in [5, 5.41) is 20.3. The van der Waals surface area contributed by atoms with Crippen molar-refractivity contribution in [3.63, 3.8) is 0 Å². The van der Waals surface area contributed by atoms with Crippen LogP contribution in [0.3, 0.4) is 0 Å². The van der Waals surface area contributed by atoms with Crippen LogP contribution in [0.2, 0.25) is 0 Å². The van der Waals surface area contributed by atoms with Gasteiger partial charge in [0.25, 0.3) is 5.91 Å². The maximum Gasteiger partial charge on any atom is 0.254 e. The molecule has 4 N–H and O–H groups in total. The summed E-state index contributed by atoms with van der Waals surface area (Å²) in [7, 11) is 0. The van der Waals surface area contributed by atoms with Gasteiger partial charge in [0.05, 0.1) is 24.2 Å². The summed E-state index contributed by atoms with van der Waals surface area (Å²) in [5.74, 6) is -3.71. The van der Waals surface area contributed by atoms with Gasteiger partial charge in [-0.25, -0.2) is 4.39 Å². The molecule has 1 aliphatic rings. The fourth-order valence-electron chi connectivity index (χ4n) is 4.90. The average molecular weight is 639 g/mol. The summed E-state index contributed by atoms with van der Waals surface area (Å²) < 4.78 is 14.3. The lowest BCUT2D eigenvalue weighted by Crippen LogP contribution is -2.57. The smallest absolute Gasteiger partial charge is 0.254 e. The molecule has 1 aliphatic heterocycles. The highest BCUT2D eigenvalue weighted by Gasteiger charge is 2.33. The Labute approximate surface area is 266 Å². The second-order valence-corrected chi connectivity index (χ2v) is 12.3. The van der Waals surface area contributed by atoms with Gasteiger partial charge in [0.2, 0.25) is 23.6 Å². The molecule has 45 heavy (non-hydrogen) atoms. The number of hydrogen-bond acceptors (Lipinski definition) is 7. The van der Waals surface area contributed by atoms with Crippen LogP contribution in [0.15, 0.2) is 48.5 Å². The number of hydrogen-bond donors (Lipinski definition) is 4. The number of rotatable bonds is 7. The summed E-state index contributed by atoms with van der Waals surface area (Å²) in [4.78, 5) is 68.4. The van der Waals surface area contributed by atoms with E-state index in [0.29, 0.717) is 12.2 Å². The van der Waals surface area contributed by atoms with E-state index in [4.69, 9.17) is 0 Å². The van der Waals surface area contributed by atoms with Gasteiger partial charge in [-0.2, -0.15) is 17.0 Å². The lowest BCUT2D eigenvalue weighted by atomic mass is 10.0. The van der Waals surface area contributed by atoms with Crippen LogP contribution in [0.4, 0.5) is 4.39 Å². The Bertz CT molecular complexity index is 1430. The third kappa shape index (κ3) is 10.3. The van der Waals surface area contributed by atoms with Gasteiger partial charge in [-0.05, 0) is 61.5 Å². The summed E-state index contributed by atoms with van der Waals surface area (Å²) in [5.41, 5.74) is 0.600. The summed E-state index contributed by atoms with van der Waals surface area (Å²) in [6, 6.07) is 10.4. The molecular weight excluding hydrogens is 599 g/mol. The van der Waals surface area contributed by atoms with Crippen LogP contribution in [0.1, 0.15) is 48.7 Å². The first-order chi connectivity index (χ1) is 21.4. The molecule has 0 spiro atoms. The molecule has 3 rings (SSSR count). The number of amides is 5. The van der Waals surface area contributed by atoms with E-state index in [1.54, 1.807) is 13.8 Å². The van der Waals surface area contributed by atoms with E-state index in [2.05, 4.69) is 21.3 Å². The van der Waals surface area contributed by atoms with Crippen LogP contribution in [-0.4, -0.2) is 83.7 Å². The molecule has 0 saturated carbocycles. The zero-order valence-electron chi connectivity index (χ0n) is 25.8. The van der Waals surface area contributed by atoms with Crippen molar-refractivity contribution >= 4 is 41.3 Å². The topological polar surface area (TPSA) is 160 Å². The quantitative estimate of drug-likeness (QED) is 0.360. The van der Waals surface area contributed by atoms with Gasteiger partial charge >= 0.3 is 0 Å². The number of benzene rings is 2. The molecule has 11 nitrogen and oxygen atoms in total. The third-order valence-corrected chi connectivity index (χ3v) is 7.91. The van der Waals surface area contributed by atoms with Crippen molar-refractivity contribution in [2.45, 2.75) is 57.8 Å². The van der Waals surface area contributed by atoms with Gasteiger partial charge in [0.1, 0.15) is 23.9 Å². The van der Waals surface area contributed by atoms with Crippen LogP contribution in [0.25, 0.3) is 0 Å². The molecule has 0 aliphatic carbocycles. The summed E-state index contributed by atoms with van der Waals surface area (Å²) in [6.07, 6.45) is 2.42. The Morgan fingerprint density at radius 3 is 2.38 bits per heavy atom. The number of halogens is 1. The van der Waals surface area contributed by atoms with E-state index < -0.39 is 66.1 Å². The first-order valence-corrected chi connectivity index (χ1v) is 16.0. The Morgan fingerprint density at radius 1 is 1.02 bits per heavy atom. The fourth-order valence-corrected chi connectivity index (χ4v) is 5.38. The van der Waals surface area contributed by atoms with Crippen molar-refractivity contribution in [3.8, 4) is 6.07 Å². The van der Waals surface area contributed by atoms with E-state index in [9.17, 15) is 33.6 Å². The molecular formula is C32H39FN6O5S. The first-order valence-electron chi connectivity index (χ1n) is 14.6. The standard InChI is InChI=1S/C32H39FN6O5S/c1-19(2)28-31(43)37-26(10-11-45-4)30(42)35-20(3)29(41)36-25(14-21-8-6-5-7-9-21)17-39(18-27(40)38-28)32(44)23-12-22(16-34)13-24(33)15-23/h5-9,12-13,15,19-20,25-26,28H,10-11,14,17-18H2,1-4H3,(H,35,42)(H,36,41)(H,37,43)(H,38,40)/t20-,25+,26-,28-/m0/s1. The van der Waals surface area contributed by atoms with Crippen LogP contribution >= 0.6 is 11.8 Å². The molecule has 1 saturated heterocycles. The Hall–Kier alpha value is -4.44. The fraction of sp³-hybridized carbons (Fsp3) is 0.438. The van der Waals surface area contributed by atoms with Gasteiger partial charge in [-0.3, -0.25) is 24.0 Å². The average Bonchev–Trinajstić information content (AvgIpc) is 3.00. The minimum atomic E-state index is -1.04. The van der Waals surface area contributed by atoms with Crippen molar-refractivity contribution in [2.75, 3.05) is 25.1 Å².